The van der Waals surface area contributed by atoms with Crippen LogP contribution >= 0.6 is 0 Å². The first-order chi connectivity index (χ1) is 10.8. The van der Waals surface area contributed by atoms with Crippen LogP contribution in [-0.2, 0) is 11.2 Å². The Balaban J connectivity index is 1.92. The predicted molar refractivity (Wildman–Crippen MR) is 75.5 cm³/mol. The van der Waals surface area contributed by atoms with E-state index in [0.29, 0.717) is 29.8 Å². The Labute approximate surface area is 129 Å². The Morgan fingerprint density at radius 2 is 1.83 bits per heavy atom. The smallest absolute Gasteiger partial charge is 0.406 e. The Kier molecular flexibility index (Phi) is 3.72. The number of halogens is 3. The number of hydrogen-bond donors (Lipinski definition) is 2. The number of benzene rings is 1. The molecule has 0 radical (unpaired) electrons. The molecule has 0 saturated heterocycles. The number of nitrogen functional groups attached to an aromatic ring is 2. The number of nitrogens with two attached hydrogens (primary N) is 2. The van der Waals surface area contributed by atoms with Crippen molar-refractivity contribution >= 4 is 11.8 Å². The molecule has 1 aromatic carbocycles. The quantitative estimate of drug-likeness (QED) is 0.878. The Hall–Kier alpha value is -2.55. The molecule has 1 aliphatic rings. The summed E-state index contributed by atoms with van der Waals surface area (Å²) in [6.45, 7) is 0.397. The second-order valence-electron chi connectivity index (χ2n) is 4.95. The number of rotatable bonds is 2. The number of nitrogens with zero attached hydrogens (tertiary/aromatic N) is 2. The first kappa shape index (κ1) is 15.3. The SMILES string of the molecule is Nc1nc(N)c2c(n1)CCOC2c1ccc(OC(F)(F)F)cc1. The molecule has 0 spiro atoms. The first-order valence-corrected chi connectivity index (χ1v) is 6.72. The van der Waals surface area contributed by atoms with E-state index in [0.717, 1.165) is 0 Å². The molecule has 23 heavy (non-hydrogen) atoms. The zero-order chi connectivity index (χ0) is 16.6. The lowest BCUT2D eigenvalue weighted by atomic mass is 9.97. The average molecular weight is 326 g/mol. The summed E-state index contributed by atoms with van der Waals surface area (Å²) < 4.78 is 46.1. The molecule has 3 rings (SSSR count). The molecular formula is C14H13F3N4O2. The van der Waals surface area contributed by atoms with Gasteiger partial charge in [0.15, 0.2) is 0 Å². The molecule has 9 heteroatoms. The van der Waals surface area contributed by atoms with Gasteiger partial charge in [-0.25, -0.2) is 4.98 Å². The summed E-state index contributed by atoms with van der Waals surface area (Å²) >= 11 is 0. The summed E-state index contributed by atoms with van der Waals surface area (Å²) in [5.41, 5.74) is 13.4. The molecule has 0 aliphatic carbocycles. The first-order valence-electron chi connectivity index (χ1n) is 6.72. The summed E-state index contributed by atoms with van der Waals surface area (Å²) in [5.74, 6) is -0.0255. The van der Waals surface area contributed by atoms with E-state index in [-0.39, 0.29) is 17.5 Å². The summed E-state index contributed by atoms with van der Waals surface area (Å²) in [6, 6.07) is 5.40. The zero-order valence-corrected chi connectivity index (χ0v) is 11.8. The molecule has 4 N–H and O–H groups in total. The molecule has 1 aliphatic heterocycles. The topological polar surface area (TPSA) is 96.3 Å². The van der Waals surface area contributed by atoms with Crippen molar-refractivity contribution in [2.45, 2.75) is 18.9 Å². The molecule has 0 amide bonds. The second-order valence-corrected chi connectivity index (χ2v) is 4.95. The van der Waals surface area contributed by atoms with Crippen molar-refractivity contribution in [1.82, 2.24) is 9.97 Å². The van der Waals surface area contributed by atoms with Gasteiger partial charge in [-0.05, 0) is 17.7 Å². The van der Waals surface area contributed by atoms with Crippen molar-refractivity contribution < 1.29 is 22.6 Å². The number of alkyl halides is 3. The van der Waals surface area contributed by atoms with Gasteiger partial charge in [-0.3, -0.25) is 0 Å². The van der Waals surface area contributed by atoms with Gasteiger partial charge in [0.05, 0.1) is 12.3 Å². The molecule has 1 atom stereocenters. The maximum atomic E-state index is 12.2. The third-order valence-electron chi connectivity index (χ3n) is 3.37. The highest BCUT2D eigenvalue weighted by Crippen LogP contribution is 2.36. The van der Waals surface area contributed by atoms with Gasteiger partial charge < -0.3 is 20.9 Å². The van der Waals surface area contributed by atoms with Crippen LogP contribution in [0.2, 0.25) is 0 Å². The molecule has 0 bridgehead atoms. The van der Waals surface area contributed by atoms with Gasteiger partial charge in [0.2, 0.25) is 5.95 Å². The third kappa shape index (κ3) is 3.29. The van der Waals surface area contributed by atoms with Gasteiger partial charge in [0, 0.05) is 12.0 Å². The number of anilines is 2. The van der Waals surface area contributed by atoms with Crippen molar-refractivity contribution in [2.75, 3.05) is 18.1 Å². The molecule has 0 fully saturated rings. The maximum Gasteiger partial charge on any atom is 0.573 e. The highest BCUT2D eigenvalue weighted by molar-refractivity contribution is 5.51. The monoisotopic (exact) mass is 326 g/mol. The molecule has 2 aromatic rings. The summed E-state index contributed by atoms with van der Waals surface area (Å²) in [7, 11) is 0. The van der Waals surface area contributed by atoms with Crippen molar-refractivity contribution in [3.8, 4) is 5.75 Å². The van der Waals surface area contributed by atoms with E-state index < -0.39 is 12.5 Å². The fraction of sp³-hybridized carbons (Fsp3) is 0.286. The van der Waals surface area contributed by atoms with Gasteiger partial charge in [-0.1, -0.05) is 12.1 Å². The second kappa shape index (κ2) is 5.58. The van der Waals surface area contributed by atoms with Crippen LogP contribution in [0.15, 0.2) is 24.3 Å². The fourth-order valence-electron chi connectivity index (χ4n) is 2.50. The van der Waals surface area contributed by atoms with Crippen molar-refractivity contribution in [3.63, 3.8) is 0 Å². The number of hydrogen-bond acceptors (Lipinski definition) is 6. The van der Waals surface area contributed by atoms with Crippen LogP contribution in [0.5, 0.6) is 5.75 Å². The van der Waals surface area contributed by atoms with Crippen LogP contribution in [0, 0.1) is 0 Å². The van der Waals surface area contributed by atoms with E-state index in [1.807, 2.05) is 0 Å². The minimum absolute atomic E-state index is 0.0795. The number of fused-ring (bicyclic) bond motifs is 1. The molecule has 6 nitrogen and oxygen atoms in total. The van der Waals surface area contributed by atoms with E-state index in [9.17, 15) is 13.2 Å². The largest absolute Gasteiger partial charge is 0.573 e. The molecule has 122 valence electrons. The maximum absolute atomic E-state index is 12.2. The Morgan fingerprint density at radius 1 is 1.13 bits per heavy atom. The fourth-order valence-corrected chi connectivity index (χ4v) is 2.50. The molecular weight excluding hydrogens is 313 g/mol. The minimum atomic E-state index is -4.73. The molecule has 2 heterocycles. The Morgan fingerprint density at radius 3 is 2.48 bits per heavy atom. The van der Waals surface area contributed by atoms with Crippen LogP contribution in [0.3, 0.4) is 0 Å². The lowest BCUT2D eigenvalue weighted by Gasteiger charge is -2.26. The van der Waals surface area contributed by atoms with Crippen molar-refractivity contribution in [1.29, 1.82) is 0 Å². The normalized spacial score (nSPS) is 17.6. The van der Waals surface area contributed by atoms with Crippen molar-refractivity contribution in [2.24, 2.45) is 0 Å². The van der Waals surface area contributed by atoms with E-state index in [1.165, 1.54) is 24.3 Å². The summed E-state index contributed by atoms with van der Waals surface area (Å²) in [6.07, 6.45) is -4.75. The van der Waals surface area contributed by atoms with Gasteiger partial charge in [-0.15, -0.1) is 13.2 Å². The minimum Gasteiger partial charge on any atom is -0.406 e. The van der Waals surface area contributed by atoms with E-state index >= 15 is 0 Å². The lowest BCUT2D eigenvalue weighted by molar-refractivity contribution is -0.274. The highest BCUT2D eigenvalue weighted by Gasteiger charge is 2.31. The summed E-state index contributed by atoms with van der Waals surface area (Å²) in [5, 5.41) is 0. The molecule has 0 saturated carbocycles. The summed E-state index contributed by atoms with van der Waals surface area (Å²) in [4.78, 5) is 8.07. The highest BCUT2D eigenvalue weighted by atomic mass is 19.4. The van der Waals surface area contributed by atoms with Crippen LogP contribution in [-0.4, -0.2) is 22.9 Å². The molecule has 1 unspecified atom stereocenters. The van der Waals surface area contributed by atoms with Gasteiger partial charge in [0.25, 0.3) is 0 Å². The van der Waals surface area contributed by atoms with Crippen LogP contribution in [0.4, 0.5) is 24.9 Å². The van der Waals surface area contributed by atoms with Crippen molar-refractivity contribution in [3.05, 3.63) is 41.1 Å². The lowest BCUT2D eigenvalue weighted by Crippen LogP contribution is -2.22. The average Bonchev–Trinajstić information content (AvgIpc) is 2.45. The van der Waals surface area contributed by atoms with Gasteiger partial charge in [0.1, 0.15) is 17.7 Å². The van der Waals surface area contributed by atoms with Gasteiger partial charge >= 0.3 is 6.36 Å². The van der Waals surface area contributed by atoms with E-state index in [2.05, 4.69) is 14.7 Å². The molecule has 1 aromatic heterocycles. The number of ether oxygens (including phenoxy) is 2. The standard InChI is InChI=1S/C14H13F3N4O2/c15-14(16,17)23-8-3-1-7(2-4-8)11-10-9(5-6-22-11)20-13(19)21-12(10)18/h1-4,11H,5-6H2,(H4,18,19,20,21). The van der Waals surface area contributed by atoms with Crippen LogP contribution < -0.4 is 16.2 Å². The van der Waals surface area contributed by atoms with Crippen LogP contribution in [0.25, 0.3) is 0 Å². The predicted octanol–water partition coefficient (Wildman–Crippen LogP) is 2.20. The zero-order valence-electron chi connectivity index (χ0n) is 11.8. The van der Waals surface area contributed by atoms with Gasteiger partial charge in [-0.2, -0.15) is 4.98 Å². The van der Waals surface area contributed by atoms with E-state index in [1.54, 1.807) is 0 Å². The number of aromatic nitrogens is 2. The third-order valence-corrected chi connectivity index (χ3v) is 3.37. The van der Waals surface area contributed by atoms with E-state index in [4.69, 9.17) is 16.2 Å². The van der Waals surface area contributed by atoms with Crippen LogP contribution in [0.1, 0.15) is 22.9 Å². The Bertz CT molecular complexity index is 719.